The molecule has 0 aromatic carbocycles. The van der Waals surface area contributed by atoms with Crippen molar-refractivity contribution in [3.05, 3.63) is 61.0 Å². The van der Waals surface area contributed by atoms with Crippen LogP contribution in [0.2, 0.25) is 0 Å². The van der Waals surface area contributed by atoms with E-state index < -0.39 is 0 Å². The van der Waals surface area contributed by atoms with Crippen LogP contribution in [0.4, 0.5) is 0 Å². The Bertz CT molecular complexity index is 484. The number of hydrogen-bond acceptors (Lipinski definition) is 3. The van der Waals surface area contributed by atoms with Crippen LogP contribution >= 0.6 is 0 Å². The Hall–Kier alpha value is -1.87. The Morgan fingerprint density at radius 1 is 1.40 bits per heavy atom. The predicted molar refractivity (Wildman–Crippen MR) is 84.8 cm³/mol. The van der Waals surface area contributed by atoms with E-state index in [9.17, 15) is 0 Å². The lowest BCUT2D eigenvalue weighted by atomic mass is 10.1. The monoisotopic (exact) mass is 272 g/mol. The molecule has 0 unspecified atom stereocenters. The molecule has 3 heteroatoms. The summed E-state index contributed by atoms with van der Waals surface area (Å²) in [5.41, 5.74) is 1.12. The van der Waals surface area contributed by atoms with Crippen molar-refractivity contribution in [1.82, 2.24) is 10.3 Å². The maximum absolute atomic E-state index is 5.54. The molecule has 0 aliphatic carbocycles. The summed E-state index contributed by atoms with van der Waals surface area (Å²) in [6, 6.07) is 5.77. The van der Waals surface area contributed by atoms with E-state index in [1.165, 1.54) is 0 Å². The number of ether oxygens (including phenoxy) is 1. The minimum absolute atomic E-state index is 0.123. The fourth-order valence-electron chi connectivity index (χ4n) is 1.56. The standard InChI is InChI=1S/C17H24N2O/c1-6-7-9-14(2)20-16-11-8-10-15(19-16)12-13-18-17(3,4)5/h6-11,18H,1-2,12-13H2,3-5H3/b9-7-. The van der Waals surface area contributed by atoms with Gasteiger partial charge in [0.05, 0.1) is 0 Å². The normalized spacial score (nSPS) is 11.6. The van der Waals surface area contributed by atoms with Crippen LogP contribution in [0.15, 0.2) is 55.3 Å². The molecule has 0 aliphatic rings. The Balaban J connectivity index is 2.55. The molecule has 108 valence electrons. The van der Waals surface area contributed by atoms with E-state index in [2.05, 4.69) is 44.2 Å². The summed E-state index contributed by atoms with van der Waals surface area (Å²) in [6.07, 6.45) is 6.07. The SMILES string of the molecule is C=C/C=C\C(=C)Oc1cccc(CCNC(C)(C)C)n1. The molecule has 1 aromatic heterocycles. The van der Waals surface area contributed by atoms with Crippen LogP contribution in [-0.4, -0.2) is 17.1 Å². The second-order valence-electron chi connectivity index (χ2n) is 5.56. The van der Waals surface area contributed by atoms with Crippen LogP contribution in [0, 0.1) is 0 Å². The van der Waals surface area contributed by atoms with Gasteiger partial charge in [0.15, 0.2) is 0 Å². The van der Waals surface area contributed by atoms with Crippen LogP contribution < -0.4 is 10.1 Å². The molecule has 1 aromatic rings. The van der Waals surface area contributed by atoms with E-state index in [-0.39, 0.29) is 5.54 Å². The molecule has 0 spiro atoms. The van der Waals surface area contributed by atoms with Crippen molar-refractivity contribution in [3.8, 4) is 5.88 Å². The highest BCUT2D eigenvalue weighted by Crippen LogP contribution is 2.12. The first-order valence-corrected chi connectivity index (χ1v) is 6.77. The van der Waals surface area contributed by atoms with Crippen molar-refractivity contribution in [1.29, 1.82) is 0 Å². The lowest BCUT2D eigenvalue weighted by molar-refractivity contribution is 0.419. The predicted octanol–water partition coefficient (Wildman–Crippen LogP) is 3.65. The van der Waals surface area contributed by atoms with Crippen molar-refractivity contribution in [2.24, 2.45) is 0 Å². The molecular weight excluding hydrogens is 248 g/mol. The second-order valence-corrected chi connectivity index (χ2v) is 5.56. The third-order valence-corrected chi connectivity index (χ3v) is 2.47. The molecule has 0 bridgehead atoms. The van der Waals surface area contributed by atoms with Gasteiger partial charge in [0, 0.05) is 30.3 Å². The van der Waals surface area contributed by atoms with E-state index in [0.29, 0.717) is 11.6 Å². The molecule has 1 N–H and O–H groups in total. The fraction of sp³-hybridized carbons (Fsp3) is 0.353. The summed E-state index contributed by atoms with van der Waals surface area (Å²) in [7, 11) is 0. The summed E-state index contributed by atoms with van der Waals surface area (Å²) in [5, 5.41) is 3.44. The Morgan fingerprint density at radius 3 is 2.80 bits per heavy atom. The molecule has 3 nitrogen and oxygen atoms in total. The minimum Gasteiger partial charge on any atom is -0.440 e. The van der Waals surface area contributed by atoms with Gasteiger partial charge in [-0.25, -0.2) is 4.98 Å². The first kappa shape index (κ1) is 16.2. The van der Waals surface area contributed by atoms with Crippen LogP contribution in [0.1, 0.15) is 26.5 Å². The van der Waals surface area contributed by atoms with Gasteiger partial charge in [0.2, 0.25) is 5.88 Å². The van der Waals surface area contributed by atoms with Crippen molar-refractivity contribution >= 4 is 0 Å². The molecule has 0 aliphatic heterocycles. The average molecular weight is 272 g/mol. The zero-order valence-electron chi connectivity index (χ0n) is 12.6. The molecule has 1 heterocycles. The number of pyridine rings is 1. The molecule has 0 fully saturated rings. The molecule has 1 rings (SSSR count). The zero-order chi connectivity index (χ0) is 15.0. The topological polar surface area (TPSA) is 34.1 Å². The molecule has 0 saturated heterocycles. The number of aromatic nitrogens is 1. The lowest BCUT2D eigenvalue weighted by Gasteiger charge is -2.20. The largest absolute Gasteiger partial charge is 0.440 e. The van der Waals surface area contributed by atoms with Crippen LogP contribution in [0.3, 0.4) is 0 Å². The number of rotatable bonds is 7. The summed E-state index contributed by atoms with van der Waals surface area (Å²) in [5.74, 6) is 1.11. The fourth-order valence-corrected chi connectivity index (χ4v) is 1.56. The Morgan fingerprint density at radius 2 is 2.15 bits per heavy atom. The van der Waals surface area contributed by atoms with Gasteiger partial charge in [0.1, 0.15) is 5.76 Å². The molecular formula is C17H24N2O. The lowest BCUT2D eigenvalue weighted by Crippen LogP contribution is -2.37. The van der Waals surface area contributed by atoms with Crippen molar-refractivity contribution in [2.45, 2.75) is 32.7 Å². The number of allylic oxidation sites excluding steroid dienone is 3. The molecule has 0 amide bonds. The molecule has 20 heavy (non-hydrogen) atoms. The minimum atomic E-state index is 0.123. The van der Waals surface area contributed by atoms with Crippen LogP contribution in [-0.2, 0) is 6.42 Å². The van der Waals surface area contributed by atoms with E-state index in [1.54, 1.807) is 18.2 Å². The van der Waals surface area contributed by atoms with Gasteiger partial charge in [-0.05, 0) is 32.9 Å². The van der Waals surface area contributed by atoms with E-state index in [4.69, 9.17) is 4.74 Å². The van der Waals surface area contributed by atoms with E-state index in [1.807, 2.05) is 18.2 Å². The average Bonchev–Trinajstić information content (AvgIpc) is 2.35. The highest BCUT2D eigenvalue weighted by Gasteiger charge is 2.08. The van der Waals surface area contributed by atoms with E-state index in [0.717, 1.165) is 18.7 Å². The summed E-state index contributed by atoms with van der Waals surface area (Å²) < 4.78 is 5.54. The summed E-state index contributed by atoms with van der Waals surface area (Å²) in [6.45, 7) is 14.7. The quantitative estimate of drug-likeness (QED) is 0.608. The smallest absolute Gasteiger partial charge is 0.219 e. The maximum atomic E-state index is 5.54. The van der Waals surface area contributed by atoms with Gasteiger partial charge in [-0.1, -0.05) is 31.4 Å². The molecule has 0 radical (unpaired) electrons. The summed E-state index contributed by atoms with van der Waals surface area (Å²) >= 11 is 0. The van der Waals surface area contributed by atoms with Gasteiger partial charge in [-0.3, -0.25) is 0 Å². The summed E-state index contributed by atoms with van der Waals surface area (Å²) in [4.78, 5) is 4.46. The first-order valence-electron chi connectivity index (χ1n) is 6.77. The van der Waals surface area contributed by atoms with Crippen molar-refractivity contribution in [2.75, 3.05) is 6.54 Å². The van der Waals surface area contributed by atoms with Gasteiger partial charge in [-0.2, -0.15) is 0 Å². The van der Waals surface area contributed by atoms with Crippen LogP contribution in [0.25, 0.3) is 0 Å². The third kappa shape index (κ3) is 6.90. The molecule has 0 atom stereocenters. The van der Waals surface area contributed by atoms with Crippen molar-refractivity contribution < 1.29 is 4.74 Å². The van der Waals surface area contributed by atoms with Crippen molar-refractivity contribution in [3.63, 3.8) is 0 Å². The maximum Gasteiger partial charge on any atom is 0.219 e. The highest BCUT2D eigenvalue weighted by molar-refractivity contribution is 5.22. The Labute approximate surface area is 122 Å². The third-order valence-electron chi connectivity index (χ3n) is 2.47. The molecule has 0 saturated carbocycles. The van der Waals surface area contributed by atoms with Gasteiger partial charge < -0.3 is 10.1 Å². The number of nitrogens with zero attached hydrogens (tertiary/aromatic N) is 1. The van der Waals surface area contributed by atoms with Gasteiger partial charge >= 0.3 is 0 Å². The van der Waals surface area contributed by atoms with Gasteiger partial charge in [0.25, 0.3) is 0 Å². The van der Waals surface area contributed by atoms with Crippen LogP contribution in [0.5, 0.6) is 5.88 Å². The highest BCUT2D eigenvalue weighted by atomic mass is 16.5. The number of nitrogens with one attached hydrogen (secondary N) is 1. The second kappa shape index (κ2) is 7.65. The first-order chi connectivity index (χ1) is 9.40. The van der Waals surface area contributed by atoms with Gasteiger partial charge in [-0.15, -0.1) is 0 Å². The van der Waals surface area contributed by atoms with E-state index >= 15 is 0 Å². The number of hydrogen-bond donors (Lipinski definition) is 1. The zero-order valence-corrected chi connectivity index (χ0v) is 12.6. The Kier molecular flexibility index (Phi) is 6.19.